The highest BCUT2D eigenvalue weighted by Gasteiger charge is 2.21. The molecule has 0 atom stereocenters. The molecule has 1 aromatic rings. The van der Waals surface area contributed by atoms with Crippen molar-refractivity contribution in [1.82, 2.24) is 9.80 Å². The number of benzene rings is 1. The molecule has 0 saturated carbocycles. The minimum Gasteiger partial charge on any atom is -0.336 e. The number of piperazine rings is 1. The molecule has 5 heteroatoms. The second-order valence-electron chi connectivity index (χ2n) is 4.51. The molecule has 0 radical (unpaired) electrons. The molecule has 1 aliphatic rings. The lowest BCUT2D eigenvalue weighted by Crippen LogP contribution is -2.48. The molecule has 1 amide bonds. The van der Waals surface area contributed by atoms with E-state index in [1.54, 1.807) is 18.2 Å². The van der Waals surface area contributed by atoms with Gasteiger partial charge in [0.05, 0.1) is 10.0 Å². The molecule has 102 valence electrons. The van der Waals surface area contributed by atoms with Gasteiger partial charge in [0.25, 0.3) is 5.91 Å². The molecule has 0 N–H and O–H groups in total. The zero-order valence-corrected chi connectivity index (χ0v) is 12.1. The Hall–Kier alpha value is -1.03. The molecule has 0 spiro atoms. The zero-order valence-electron chi connectivity index (χ0n) is 10.6. The van der Waals surface area contributed by atoms with Gasteiger partial charge < -0.3 is 4.90 Å². The molecule has 0 aromatic heterocycles. The number of carbonyl (C=O) groups excluding carboxylic acids is 1. The summed E-state index contributed by atoms with van der Waals surface area (Å²) in [5, 5.41) is 0.881. The van der Waals surface area contributed by atoms with Gasteiger partial charge in [-0.15, -0.1) is 6.58 Å². The maximum atomic E-state index is 12.3. The van der Waals surface area contributed by atoms with Gasteiger partial charge in [-0.1, -0.05) is 29.3 Å². The maximum absolute atomic E-state index is 12.3. The minimum absolute atomic E-state index is 0.0109. The van der Waals surface area contributed by atoms with Gasteiger partial charge in [0.1, 0.15) is 0 Å². The maximum Gasteiger partial charge on any atom is 0.253 e. The number of nitrogens with zero attached hydrogens (tertiary/aromatic N) is 2. The SMILES string of the molecule is C=CCN1CCN(C(=O)c2ccc(Cl)c(Cl)c2)CC1. The van der Waals surface area contributed by atoms with Crippen LogP contribution in [0.4, 0.5) is 0 Å². The van der Waals surface area contributed by atoms with Crippen LogP contribution in [0, 0.1) is 0 Å². The molecule has 0 aliphatic carbocycles. The highest BCUT2D eigenvalue weighted by atomic mass is 35.5. The topological polar surface area (TPSA) is 23.6 Å². The normalized spacial score (nSPS) is 16.4. The van der Waals surface area contributed by atoms with Crippen LogP contribution in [0.3, 0.4) is 0 Å². The Morgan fingerprint density at radius 2 is 1.89 bits per heavy atom. The van der Waals surface area contributed by atoms with Crippen molar-refractivity contribution in [3.63, 3.8) is 0 Å². The van der Waals surface area contributed by atoms with Crippen LogP contribution in [-0.2, 0) is 0 Å². The van der Waals surface area contributed by atoms with E-state index in [0.29, 0.717) is 15.6 Å². The van der Waals surface area contributed by atoms with E-state index in [1.165, 1.54) is 0 Å². The zero-order chi connectivity index (χ0) is 13.8. The van der Waals surface area contributed by atoms with Crippen molar-refractivity contribution in [1.29, 1.82) is 0 Å². The first kappa shape index (κ1) is 14.4. The van der Waals surface area contributed by atoms with Crippen LogP contribution in [0.25, 0.3) is 0 Å². The second-order valence-corrected chi connectivity index (χ2v) is 5.32. The van der Waals surface area contributed by atoms with E-state index < -0.39 is 0 Å². The highest BCUT2D eigenvalue weighted by molar-refractivity contribution is 6.42. The van der Waals surface area contributed by atoms with Gasteiger partial charge in [-0.05, 0) is 18.2 Å². The first-order chi connectivity index (χ1) is 9.11. The molecule has 19 heavy (non-hydrogen) atoms. The fourth-order valence-corrected chi connectivity index (χ4v) is 2.43. The van der Waals surface area contributed by atoms with Crippen LogP contribution in [0.2, 0.25) is 10.0 Å². The van der Waals surface area contributed by atoms with Crippen LogP contribution < -0.4 is 0 Å². The molecule has 1 saturated heterocycles. The van der Waals surface area contributed by atoms with Gasteiger partial charge in [-0.3, -0.25) is 9.69 Å². The number of hydrogen-bond acceptors (Lipinski definition) is 2. The van der Waals surface area contributed by atoms with E-state index in [9.17, 15) is 4.79 Å². The van der Waals surface area contributed by atoms with E-state index in [1.807, 2.05) is 11.0 Å². The fourth-order valence-electron chi connectivity index (χ4n) is 2.13. The average Bonchev–Trinajstić information content (AvgIpc) is 2.42. The van der Waals surface area contributed by atoms with E-state index in [-0.39, 0.29) is 5.91 Å². The van der Waals surface area contributed by atoms with Crippen molar-refractivity contribution >= 4 is 29.1 Å². The van der Waals surface area contributed by atoms with E-state index in [2.05, 4.69) is 11.5 Å². The Morgan fingerprint density at radius 3 is 2.47 bits per heavy atom. The molecule has 0 bridgehead atoms. The van der Waals surface area contributed by atoms with Crippen molar-refractivity contribution in [3.8, 4) is 0 Å². The van der Waals surface area contributed by atoms with Crippen LogP contribution in [0.15, 0.2) is 30.9 Å². The van der Waals surface area contributed by atoms with Crippen LogP contribution in [-0.4, -0.2) is 48.4 Å². The predicted octanol–water partition coefficient (Wildman–Crippen LogP) is 2.94. The second kappa shape index (κ2) is 6.42. The van der Waals surface area contributed by atoms with Crippen molar-refractivity contribution in [2.45, 2.75) is 0 Å². The molecular weight excluding hydrogens is 283 g/mol. The van der Waals surface area contributed by atoms with Crippen molar-refractivity contribution in [3.05, 3.63) is 46.5 Å². The van der Waals surface area contributed by atoms with Crippen LogP contribution >= 0.6 is 23.2 Å². The summed E-state index contributed by atoms with van der Waals surface area (Å²) in [5.74, 6) is 0.0109. The Kier molecular flexibility index (Phi) is 4.86. The summed E-state index contributed by atoms with van der Waals surface area (Å²) < 4.78 is 0. The largest absolute Gasteiger partial charge is 0.336 e. The van der Waals surface area contributed by atoms with Gasteiger partial charge in [0.15, 0.2) is 0 Å². The first-order valence-electron chi connectivity index (χ1n) is 6.19. The molecule has 2 rings (SSSR count). The summed E-state index contributed by atoms with van der Waals surface area (Å²) in [5.41, 5.74) is 0.589. The Bertz CT molecular complexity index is 482. The first-order valence-corrected chi connectivity index (χ1v) is 6.95. The third-order valence-electron chi connectivity index (χ3n) is 3.21. The molecule has 1 aliphatic heterocycles. The average molecular weight is 299 g/mol. The molecule has 3 nitrogen and oxygen atoms in total. The Labute approximate surface area is 123 Å². The quantitative estimate of drug-likeness (QED) is 0.801. The number of halogens is 2. The number of carbonyl (C=O) groups is 1. The number of rotatable bonds is 3. The lowest BCUT2D eigenvalue weighted by atomic mass is 10.2. The Morgan fingerprint density at radius 1 is 1.21 bits per heavy atom. The fraction of sp³-hybridized carbons (Fsp3) is 0.357. The summed E-state index contributed by atoms with van der Waals surface area (Å²) >= 11 is 11.8. The molecule has 1 aromatic carbocycles. The lowest BCUT2D eigenvalue weighted by molar-refractivity contribution is 0.0650. The number of amides is 1. The number of hydrogen-bond donors (Lipinski definition) is 0. The van der Waals surface area contributed by atoms with Crippen LogP contribution in [0.1, 0.15) is 10.4 Å². The van der Waals surface area contributed by atoms with Gasteiger partial charge in [0, 0.05) is 38.3 Å². The minimum atomic E-state index is 0.0109. The van der Waals surface area contributed by atoms with E-state index >= 15 is 0 Å². The molecule has 1 heterocycles. The van der Waals surface area contributed by atoms with Gasteiger partial charge in [-0.2, -0.15) is 0 Å². The summed E-state index contributed by atoms with van der Waals surface area (Å²) in [6, 6.07) is 5.00. The van der Waals surface area contributed by atoms with E-state index in [0.717, 1.165) is 32.7 Å². The highest BCUT2D eigenvalue weighted by Crippen LogP contribution is 2.23. The van der Waals surface area contributed by atoms with Gasteiger partial charge in [0.2, 0.25) is 0 Å². The molecule has 1 fully saturated rings. The van der Waals surface area contributed by atoms with E-state index in [4.69, 9.17) is 23.2 Å². The summed E-state index contributed by atoms with van der Waals surface area (Å²) in [7, 11) is 0. The molecular formula is C14H16Cl2N2O. The van der Waals surface area contributed by atoms with Crippen molar-refractivity contribution < 1.29 is 4.79 Å². The lowest BCUT2D eigenvalue weighted by Gasteiger charge is -2.34. The van der Waals surface area contributed by atoms with Gasteiger partial charge in [-0.25, -0.2) is 0 Å². The molecule has 0 unspecified atom stereocenters. The summed E-state index contributed by atoms with van der Waals surface area (Å²) in [6.07, 6.45) is 1.89. The summed E-state index contributed by atoms with van der Waals surface area (Å²) in [6.45, 7) is 7.80. The predicted molar refractivity (Wildman–Crippen MR) is 79.0 cm³/mol. The third-order valence-corrected chi connectivity index (χ3v) is 3.95. The van der Waals surface area contributed by atoms with Crippen molar-refractivity contribution in [2.75, 3.05) is 32.7 Å². The summed E-state index contributed by atoms with van der Waals surface area (Å²) in [4.78, 5) is 16.4. The smallest absolute Gasteiger partial charge is 0.253 e. The monoisotopic (exact) mass is 298 g/mol. The Balaban J connectivity index is 2.01. The third kappa shape index (κ3) is 3.50. The van der Waals surface area contributed by atoms with Gasteiger partial charge >= 0.3 is 0 Å². The van der Waals surface area contributed by atoms with Crippen LogP contribution in [0.5, 0.6) is 0 Å². The van der Waals surface area contributed by atoms with Crippen molar-refractivity contribution in [2.24, 2.45) is 0 Å². The standard InChI is InChI=1S/C14H16Cl2N2O/c1-2-5-17-6-8-18(9-7-17)14(19)11-3-4-12(15)13(16)10-11/h2-4,10H,1,5-9H2.